The lowest BCUT2D eigenvalue weighted by Gasteiger charge is -2.22. The molecule has 1 amide bonds. The molecule has 10 heteroatoms. The molecule has 0 aromatic heterocycles. The summed E-state index contributed by atoms with van der Waals surface area (Å²) < 4.78 is 30.1. The Morgan fingerprint density at radius 3 is 2.71 bits per heavy atom. The molecule has 0 bridgehead atoms. The summed E-state index contributed by atoms with van der Waals surface area (Å²) in [5.41, 5.74) is 2.00. The molecular formula is C21H20ClN3O5S. The van der Waals surface area contributed by atoms with Crippen molar-refractivity contribution in [3.8, 4) is 6.07 Å². The van der Waals surface area contributed by atoms with Gasteiger partial charge in [0.1, 0.15) is 0 Å². The van der Waals surface area contributed by atoms with Crippen LogP contribution >= 0.6 is 11.6 Å². The number of nitriles is 1. The Hall–Kier alpha value is -3.09. The van der Waals surface area contributed by atoms with E-state index in [1.807, 2.05) is 6.07 Å². The topological polar surface area (TPSA) is 108 Å². The van der Waals surface area contributed by atoms with Crippen LogP contribution in [-0.4, -0.2) is 46.2 Å². The zero-order valence-corrected chi connectivity index (χ0v) is 18.3. The van der Waals surface area contributed by atoms with Crippen molar-refractivity contribution in [2.45, 2.75) is 12.8 Å². The van der Waals surface area contributed by atoms with Crippen LogP contribution in [0, 0.1) is 11.3 Å². The Bertz CT molecular complexity index is 1160. The van der Waals surface area contributed by atoms with Crippen molar-refractivity contribution in [3.05, 3.63) is 58.6 Å². The van der Waals surface area contributed by atoms with E-state index in [1.54, 1.807) is 36.4 Å². The molecule has 2 aromatic carbocycles. The number of ether oxygens (including phenoxy) is 1. The van der Waals surface area contributed by atoms with Gasteiger partial charge in [0.15, 0.2) is 6.61 Å². The van der Waals surface area contributed by atoms with Gasteiger partial charge in [0.05, 0.1) is 30.0 Å². The van der Waals surface area contributed by atoms with Gasteiger partial charge < -0.3 is 9.64 Å². The zero-order chi connectivity index (χ0) is 22.6. The predicted octanol–water partition coefficient (Wildman–Crippen LogP) is 2.77. The number of nitrogens with zero attached hydrogens (tertiary/aromatic N) is 3. The second-order valence-corrected chi connectivity index (χ2v) is 9.28. The number of sulfonamides is 1. The van der Waals surface area contributed by atoms with Crippen molar-refractivity contribution >= 4 is 44.9 Å². The number of rotatable bonds is 7. The van der Waals surface area contributed by atoms with Crippen LogP contribution in [0.1, 0.15) is 22.3 Å². The average molecular weight is 462 g/mol. The zero-order valence-electron chi connectivity index (χ0n) is 16.7. The molecule has 0 N–H and O–H groups in total. The van der Waals surface area contributed by atoms with E-state index in [4.69, 9.17) is 21.6 Å². The first-order valence-corrected chi connectivity index (χ1v) is 11.6. The van der Waals surface area contributed by atoms with Crippen LogP contribution in [0.3, 0.4) is 0 Å². The molecule has 0 fully saturated rings. The lowest BCUT2D eigenvalue weighted by atomic mass is 10.1. The highest BCUT2D eigenvalue weighted by atomic mass is 35.5. The molecule has 0 spiro atoms. The number of esters is 1. The number of hydrogen-bond acceptors (Lipinski definition) is 6. The summed E-state index contributed by atoms with van der Waals surface area (Å²) in [4.78, 5) is 26.5. The highest BCUT2D eigenvalue weighted by Crippen LogP contribution is 2.31. The number of anilines is 2. The molecule has 0 atom stereocenters. The van der Waals surface area contributed by atoms with Crippen molar-refractivity contribution in [2.75, 3.05) is 35.2 Å². The number of fused-ring (bicyclic) bond motifs is 1. The van der Waals surface area contributed by atoms with E-state index in [-0.39, 0.29) is 18.5 Å². The molecule has 0 unspecified atom stereocenters. The molecule has 1 aliphatic rings. The van der Waals surface area contributed by atoms with Gasteiger partial charge in [0.25, 0.3) is 5.91 Å². The summed E-state index contributed by atoms with van der Waals surface area (Å²) in [5, 5.41) is 9.31. The standard InChI is InChI=1S/C21H20ClN3O5S/c1-31(28,29)25-11-8-15-12-16(6-7-19(15)25)21(27)30-14-20(26)24(10-3-9-23)18-5-2-4-17(22)13-18/h2,4-7,12-13H,3,8,10-11,14H2,1H3. The molecule has 3 rings (SSSR count). The highest BCUT2D eigenvalue weighted by molar-refractivity contribution is 7.92. The third-order valence-electron chi connectivity index (χ3n) is 4.76. The Balaban J connectivity index is 1.69. The van der Waals surface area contributed by atoms with Crippen LogP contribution in [-0.2, 0) is 26.0 Å². The molecule has 1 aliphatic heterocycles. The molecule has 8 nitrogen and oxygen atoms in total. The summed E-state index contributed by atoms with van der Waals surface area (Å²) in [6.07, 6.45) is 1.72. The van der Waals surface area contributed by atoms with Crippen LogP contribution in [0.15, 0.2) is 42.5 Å². The largest absolute Gasteiger partial charge is 0.452 e. The number of hydrogen-bond donors (Lipinski definition) is 0. The van der Waals surface area contributed by atoms with Crippen molar-refractivity contribution < 1.29 is 22.7 Å². The molecule has 2 aromatic rings. The summed E-state index contributed by atoms with van der Waals surface area (Å²) in [6.45, 7) is -0.0602. The highest BCUT2D eigenvalue weighted by Gasteiger charge is 2.27. The van der Waals surface area contributed by atoms with E-state index < -0.39 is 28.5 Å². The fourth-order valence-corrected chi connectivity index (χ4v) is 4.48. The van der Waals surface area contributed by atoms with Crippen LogP contribution in [0.5, 0.6) is 0 Å². The Morgan fingerprint density at radius 2 is 2.03 bits per heavy atom. The van der Waals surface area contributed by atoms with Crippen LogP contribution in [0.25, 0.3) is 0 Å². The molecule has 0 saturated carbocycles. The number of benzene rings is 2. The van der Waals surface area contributed by atoms with E-state index in [0.29, 0.717) is 29.4 Å². The summed E-state index contributed by atoms with van der Waals surface area (Å²) in [5.74, 6) is -1.18. The summed E-state index contributed by atoms with van der Waals surface area (Å²) in [6, 6.07) is 13.2. The molecule has 0 radical (unpaired) electrons. The van der Waals surface area contributed by atoms with Crippen LogP contribution in [0.4, 0.5) is 11.4 Å². The lowest BCUT2D eigenvalue weighted by Crippen LogP contribution is -2.35. The first-order valence-electron chi connectivity index (χ1n) is 9.41. The molecule has 1 heterocycles. The normalized spacial score (nSPS) is 12.7. The third-order valence-corrected chi connectivity index (χ3v) is 6.18. The Labute approximate surface area is 185 Å². The number of halogens is 1. The fourth-order valence-electron chi connectivity index (χ4n) is 3.34. The van der Waals surface area contributed by atoms with Crippen LogP contribution in [0.2, 0.25) is 5.02 Å². The van der Waals surface area contributed by atoms with Crippen LogP contribution < -0.4 is 9.21 Å². The van der Waals surface area contributed by atoms with Gasteiger partial charge in [-0.2, -0.15) is 5.26 Å². The van der Waals surface area contributed by atoms with E-state index >= 15 is 0 Å². The van der Waals surface area contributed by atoms with E-state index in [2.05, 4.69) is 0 Å². The molecule has 0 saturated heterocycles. The average Bonchev–Trinajstić information content (AvgIpc) is 3.16. The Kier molecular flexibility index (Phi) is 6.83. The maximum Gasteiger partial charge on any atom is 0.338 e. The van der Waals surface area contributed by atoms with Gasteiger partial charge in [-0.25, -0.2) is 13.2 Å². The molecule has 162 valence electrons. The minimum atomic E-state index is -3.38. The van der Waals surface area contributed by atoms with Crippen molar-refractivity contribution in [2.24, 2.45) is 0 Å². The minimum Gasteiger partial charge on any atom is -0.452 e. The van der Waals surface area contributed by atoms with Gasteiger partial charge >= 0.3 is 5.97 Å². The maximum absolute atomic E-state index is 12.7. The maximum atomic E-state index is 12.7. The number of carbonyl (C=O) groups is 2. The molecule has 31 heavy (non-hydrogen) atoms. The van der Waals surface area contributed by atoms with Crippen molar-refractivity contribution in [1.29, 1.82) is 5.26 Å². The van der Waals surface area contributed by atoms with E-state index in [0.717, 1.165) is 11.8 Å². The van der Waals surface area contributed by atoms with Gasteiger partial charge in [-0.05, 0) is 48.4 Å². The molecular weight excluding hydrogens is 442 g/mol. The van der Waals surface area contributed by atoms with Gasteiger partial charge in [-0.3, -0.25) is 9.10 Å². The number of carbonyl (C=O) groups excluding carboxylic acids is 2. The minimum absolute atomic E-state index is 0.105. The Morgan fingerprint density at radius 1 is 1.26 bits per heavy atom. The lowest BCUT2D eigenvalue weighted by molar-refractivity contribution is -0.121. The van der Waals surface area contributed by atoms with Crippen molar-refractivity contribution in [1.82, 2.24) is 0 Å². The second-order valence-electron chi connectivity index (χ2n) is 6.94. The SMILES string of the molecule is CS(=O)(=O)N1CCc2cc(C(=O)OCC(=O)N(CCC#N)c3cccc(Cl)c3)ccc21. The van der Waals surface area contributed by atoms with Crippen molar-refractivity contribution in [3.63, 3.8) is 0 Å². The molecule has 0 aliphatic carbocycles. The third kappa shape index (κ3) is 5.34. The van der Waals surface area contributed by atoms with Gasteiger partial charge in [-0.1, -0.05) is 17.7 Å². The summed E-state index contributed by atoms with van der Waals surface area (Å²) in [7, 11) is -3.38. The van der Waals surface area contributed by atoms with Gasteiger partial charge in [-0.15, -0.1) is 0 Å². The fraction of sp³-hybridized carbons (Fsp3) is 0.286. The summed E-state index contributed by atoms with van der Waals surface area (Å²) >= 11 is 5.99. The van der Waals surface area contributed by atoms with Gasteiger partial charge in [0, 0.05) is 23.8 Å². The number of amides is 1. The first-order chi connectivity index (χ1) is 14.7. The second kappa shape index (κ2) is 9.37. The quantitative estimate of drug-likeness (QED) is 0.586. The van der Waals surface area contributed by atoms with Gasteiger partial charge in [0.2, 0.25) is 10.0 Å². The smallest absolute Gasteiger partial charge is 0.338 e. The first kappa shape index (κ1) is 22.6. The predicted molar refractivity (Wildman–Crippen MR) is 117 cm³/mol. The van der Waals surface area contributed by atoms with E-state index in [1.165, 1.54) is 15.3 Å². The van der Waals surface area contributed by atoms with E-state index in [9.17, 15) is 18.0 Å². The monoisotopic (exact) mass is 461 g/mol.